The number of hydrogen-bond donors (Lipinski definition) is 1. The van der Waals surface area contributed by atoms with E-state index in [9.17, 15) is 13.2 Å². The van der Waals surface area contributed by atoms with Gasteiger partial charge in [0, 0.05) is 30.9 Å². The quantitative estimate of drug-likeness (QED) is 0.899. The lowest BCUT2D eigenvalue weighted by Crippen LogP contribution is -2.36. The van der Waals surface area contributed by atoms with Gasteiger partial charge >= 0.3 is 6.03 Å². The van der Waals surface area contributed by atoms with E-state index in [4.69, 9.17) is 0 Å². The number of sulfone groups is 1. The average molecular weight is 303 g/mol. The second kappa shape index (κ2) is 5.87. The zero-order valence-electron chi connectivity index (χ0n) is 10.7. The second-order valence-electron chi connectivity index (χ2n) is 4.64. The highest BCUT2D eigenvalue weighted by Gasteiger charge is 2.26. The van der Waals surface area contributed by atoms with E-state index in [2.05, 4.69) is 10.3 Å². The van der Waals surface area contributed by atoms with E-state index < -0.39 is 9.84 Å². The van der Waals surface area contributed by atoms with Crippen molar-refractivity contribution in [3.8, 4) is 0 Å². The maximum Gasteiger partial charge on any atom is 0.323 e. The number of anilines is 1. The van der Waals surface area contributed by atoms with E-state index in [-0.39, 0.29) is 11.3 Å². The molecule has 19 heavy (non-hydrogen) atoms. The number of nitrogens with zero attached hydrogens (tertiary/aromatic N) is 2. The summed E-state index contributed by atoms with van der Waals surface area (Å²) in [4.78, 5) is 17.7. The van der Waals surface area contributed by atoms with Crippen molar-refractivity contribution in [3.63, 3.8) is 0 Å². The van der Waals surface area contributed by atoms with Gasteiger partial charge in [0.1, 0.15) is 9.84 Å². The molecule has 0 aromatic carbocycles. The van der Waals surface area contributed by atoms with Gasteiger partial charge in [-0.2, -0.15) is 0 Å². The van der Waals surface area contributed by atoms with Crippen LogP contribution in [0.5, 0.6) is 0 Å². The molecular formula is C11H17N3O3S2. The van der Waals surface area contributed by atoms with E-state index in [1.807, 2.05) is 0 Å². The average Bonchev–Trinajstić information content (AvgIpc) is 2.69. The van der Waals surface area contributed by atoms with E-state index in [0.29, 0.717) is 37.5 Å². The van der Waals surface area contributed by atoms with Crippen LogP contribution in [0.4, 0.5) is 9.93 Å². The summed E-state index contributed by atoms with van der Waals surface area (Å²) in [6.07, 6.45) is 4.73. The molecule has 2 amide bonds. The molecule has 1 aliphatic rings. The Labute approximate surface area is 116 Å². The monoisotopic (exact) mass is 303 g/mol. The molecule has 0 spiro atoms. The lowest BCUT2D eigenvalue weighted by molar-refractivity contribution is 0.214. The molecule has 8 heteroatoms. The normalized spacial score (nSPS) is 20.9. The van der Waals surface area contributed by atoms with Crippen LogP contribution in [0.2, 0.25) is 0 Å². The maximum absolute atomic E-state index is 12.0. The standard InChI is InChI=1S/C11H17N3O3S2/c1-19(16,17)9-3-2-6-14(7-4-9)11(15)13-10-12-5-8-18-10/h5,8-9H,2-4,6-7H2,1H3,(H,12,13,15). The SMILES string of the molecule is CS(=O)(=O)C1CCCN(C(=O)Nc2nccs2)CC1. The van der Waals surface area contributed by atoms with Crippen LogP contribution in [0.25, 0.3) is 0 Å². The summed E-state index contributed by atoms with van der Waals surface area (Å²) < 4.78 is 23.1. The third-order valence-electron chi connectivity index (χ3n) is 3.21. The van der Waals surface area contributed by atoms with Crippen LogP contribution in [0.1, 0.15) is 19.3 Å². The number of amides is 2. The van der Waals surface area contributed by atoms with Crippen molar-refractivity contribution in [2.24, 2.45) is 0 Å². The molecule has 0 aliphatic carbocycles. The van der Waals surface area contributed by atoms with Gasteiger partial charge in [-0.05, 0) is 19.3 Å². The Morgan fingerprint density at radius 1 is 1.47 bits per heavy atom. The van der Waals surface area contributed by atoms with Crippen LogP contribution in [0, 0.1) is 0 Å². The highest BCUT2D eigenvalue weighted by atomic mass is 32.2. The Bertz CT molecular complexity index is 527. The Morgan fingerprint density at radius 3 is 2.89 bits per heavy atom. The van der Waals surface area contributed by atoms with E-state index in [1.54, 1.807) is 16.5 Å². The minimum absolute atomic E-state index is 0.205. The van der Waals surface area contributed by atoms with Gasteiger partial charge in [-0.25, -0.2) is 18.2 Å². The number of likely N-dealkylation sites (tertiary alicyclic amines) is 1. The van der Waals surface area contributed by atoms with Crippen molar-refractivity contribution in [1.29, 1.82) is 0 Å². The zero-order chi connectivity index (χ0) is 13.9. The molecule has 1 saturated heterocycles. The number of urea groups is 1. The number of hydrogen-bond acceptors (Lipinski definition) is 5. The summed E-state index contributed by atoms with van der Waals surface area (Å²) >= 11 is 1.36. The lowest BCUT2D eigenvalue weighted by atomic mass is 10.2. The molecule has 2 rings (SSSR count). The molecule has 0 saturated carbocycles. The molecule has 1 fully saturated rings. The fourth-order valence-corrected chi connectivity index (χ4v) is 3.80. The van der Waals surface area contributed by atoms with Gasteiger partial charge in [0.05, 0.1) is 5.25 Å². The number of nitrogens with one attached hydrogen (secondary N) is 1. The highest BCUT2D eigenvalue weighted by molar-refractivity contribution is 7.91. The van der Waals surface area contributed by atoms with Crippen LogP contribution < -0.4 is 5.32 Å². The number of rotatable bonds is 2. The summed E-state index contributed by atoms with van der Waals surface area (Å²) in [6, 6.07) is -0.205. The Balaban J connectivity index is 1.94. The van der Waals surface area contributed by atoms with Crippen molar-refractivity contribution in [3.05, 3.63) is 11.6 Å². The number of carbonyl (C=O) groups is 1. The van der Waals surface area contributed by atoms with E-state index >= 15 is 0 Å². The van der Waals surface area contributed by atoms with E-state index in [0.717, 1.165) is 0 Å². The summed E-state index contributed by atoms with van der Waals surface area (Å²) in [7, 11) is -3.02. The van der Waals surface area contributed by atoms with Crippen LogP contribution >= 0.6 is 11.3 Å². The third kappa shape index (κ3) is 3.90. The number of aromatic nitrogens is 1. The fraction of sp³-hybridized carbons (Fsp3) is 0.636. The van der Waals surface area contributed by atoms with Gasteiger partial charge in [-0.3, -0.25) is 5.32 Å². The molecule has 1 aliphatic heterocycles. The molecule has 0 radical (unpaired) electrons. The van der Waals surface area contributed by atoms with Crippen LogP contribution in [0.15, 0.2) is 11.6 Å². The topological polar surface area (TPSA) is 79.4 Å². The molecule has 1 atom stereocenters. The van der Waals surface area contributed by atoms with Crippen molar-refractivity contribution in [1.82, 2.24) is 9.88 Å². The molecule has 1 aromatic heterocycles. The van der Waals surface area contributed by atoms with Gasteiger partial charge in [-0.15, -0.1) is 11.3 Å². The van der Waals surface area contributed by atoms with Crippen molar-refractivity contribution in [2.45, 2.75) is 24.5 Å². The second-order valence-corrected chi connectivity index (χ2v) is 7.86. The summed E-state index contributed by atoms with van der Waals surface area (Å²) in [5, 5.41) is 4.74. The lowest BCUT2D eigenvalue weighted by Gasteiger charge is -2.20. The summed E-state index contributed by atoms with van der Waals surface area (Å²) in [5.41, 5.74) is 0. The summed E-state index contributed by atoms with van der Waals surface area (Å²) in [6.45, 7) is 1.05. The predicted octanol–water partition coefficient (Wildman–Crippen LogP) is 1.57. The predicted molar refractivity (Wildman–Crippen MR) is 75.2 cm³/mol. The first-order chi connectivity index (χ1) is 8.97. The Morgan fingerprint density at radius 2 is 2.26 bits per heavy atom. The Hall–Kier alpha value is -1.15. The highest BCUT2D eigenvalue weighted by Crippen LogP contribution is 2.18. The van der Waals surface area contributed by atoms with Crippen molar-refractivity contribution < 1.29 is 13.2 Å². The first kappa shape index (κ1) is 14.3. The van der Waals surface area contributed by atoms with Gasteiger partial charge in [0.2, 0.25) is 0 Å². The van der Waals surface area contributed by atoms with Crippen molar-refractivity contribution >= 4 is 32.3 Å². The van der Waals surface area contributed by atoms with Gasteiger partial charge < -0.3 is 4.90 Å². The maximum atomic E-state index is 12.0. The van der Waals surface area contributed by atoms with Crippen molar-refractivity contribution in [2.75, 3.05) is 24.7 Å². The first-order valence-corrected chi connectivity index (χ1v) is 8.94. The first-order valence-electron chi connectivity index (χ1n) is 6.11. The fourth-order valence-electron chi connectivity index (χ4n) is 2.15. The smallest absolute Gasteiger partial charge is 0.323 e. The molecular weight excluding hydrogens is 286 g/mol. The molecule has 106 valence electrons. The zero-order valence-corrected chi connectivity index (χ0v) is 12.3. The number of carbonyl (C=O) groups excluding carboxylic acids is 1. The van der Waals surface area contributed by atoms with Crippen LogP contribution in [-0.4, -0.2) is 48.9 Å². The molecule has 0 bridgehead atoms. The molecule has 1 N–H and O–H groups in total. The molecule has 2 heterocycles. The van der Waals surface area contributed by atoms with E-state index in [1.165, 1.54) is 17.6 Å². The summed E-state index contributed by atoms with van der Waals surface area (Å²) in [5.74, 6) is 0. The largest absolute Gasteiger partial charge is 0.324 e. The number of thiazole rings is 1. The van der Waals surface area contributed by atoms with Crippen LogP contribution in [0.3, 0.4) is 0 Å². The Kier molecular flexibility index (Phi) is 4.41. The van der Waals surface area contributed by atoms with Gasteiger partial charge in [0.15, 0.2) is 5.13 Å². The molecule has 6 nitrogen and oxygen atoms in total. The third-order valence-corrected chi connectivity index (χ3v) is 5.58. The molecule has 1 unspecified atom stereocenters. The van der Waals surface area contributed by atoms with Gasteiger partial charge in [0.25, 0.3) is 0 Å². The molecule has 1 aromatic rings. The van der Waals surface area contributed by atoms with Gasteiger partial charge in [-0.1, -0.05) is 0 Å². The van der Waals surface area contributed by atoms with Crippen LogP contribution in [-0.2, 0) is 9.84 Å². The minimum Gasteiger partial charge on any atom is -0.324 e. The minimum atomic E-state index is -3.02.